The molecule has 1 aromatic rings. The maximum atomic E-state index is 11.6. The Morgan fingerprint density at radius 3 is 2.65 bits per heavy atom. The summed E-state index contributed by atoms with van der Waals surface area (Å²) in [5, 5.41) is 21.5. The van der Waals surface area contributed by atoms with Crippen LogP contribution in [0.25, 0.3) is 0 Å². The molecule has 5 heteroatoms. The van der Waals surface area contributed by atoms with Gasteiger partial charge in [0.05, 0.1) is 5.75 Å². The molecule has 0 saturated carbocycles. The molecule has 0 heterocycles. The molecule has 90 valence electrons. The lowest BCUT2D eigenvalue weighted by Crippen LogP contribution is -2.25. The highest BCUT2D eigenvalue weighted by Crippen LogP contribution is 2.25. The first-order chi connectivity index (χ1) is 8.16. The quantitative estimate of drug-likeness (QED) is 0.543. The van der Waals surface area contributed by atoms with Crippen molar-refractivity contribution in [2.45, 2.75) is 0 Å². The molecule has 4 nitrogen and oxygen atoms in total. The second-order valence-electron chi connectivity index (χ2n) is 3.18. The second kappa shape index (κ2) is 6.71. The van der Waals surface area contributed by atoms with Crippen molar-refractivity contribution in [2.24, 2.45) is 0 Å². The minimum absolute atomic E-state index is 0.102. The van der Waals surface area contributed by atoms with Gasteiger partial charge in [0.2, 0.25) is 0 Å². The van der Waals surface area contributed by atoms with Gasteiger partial charge < -0.3 is 15.5 Å². The van der Waals surface area contributed by atoms with Crippen molar-refractivity contribution in [3.8, 4) is 23.8 Å². The van der Waals surface area contributed by atoms with Crippen molar-refractivity contribution >= 4 is 17.7 Å². The van der Waals surface area contributed by atoms with E-state index in [1.165, 1.54) is 30.0 Å². The largest absolute Gasteiger partial charge is 0.507 e. The van der Waals surface area contributed by atoms with Crippen LogP contribution < -0.4 is 5.32 Å². The number of aromatic hydroxyl groups is 2. The van der Waals surface area contributed by atoms with Crippen LogP contribution in [0.3, 0.4) is 0 Å². The number of hydrogen-bond acceptors (Lipinski definition) is 4. The lowest BCUT2D eigenvalue weighted by molar-refractivity contribution is 0.0950. The fraction of sp³-hybridized carbons (Fsp3) is 0.250. The summed E-state index contributed by atoms with van der Waals surface area (Å²) in [5.41, 5.74) is -0.102. The number of amides is 1. The molecule has 0 spiro atoms. The predicted octanol–water partition coefficient (Wildman–Crippen LogP) is 1.19. The van der Waals surface area contributed by atoms with E-state index in [-0.39, 0.29) is 17.1 Å². The van der Waals surface area contributed by atoms with Crippen LogP contribution in [0.15, 0.2) is 18.2 Å². The zero-order chi connectivity index (χ0) is 12.7. The number of carbonyl (C=O) groups is 1. The maximum Gasteiger partial charge on any atom is 0.258 e. The molecule has 3 N–H and O–H groups in total. The number of nitrogens with one attached hydrogen (secondary N) is 1. The summed E-state index contributed by atoms with van der Waals surface area (Å²) in [4.78, 5) is 11.6. The van der Waals surface area contributed by atoms with Gasteiger partial charge in [-0.3, -0.25) is 4.79 Å². The van der Waals surface area contributed by atoms with Crippen LogP contribution in [-0.4, -0.2) is 34.2 Å². The summed E-state index contributed by atoms with van der Waals surface area (Å²) in [6.45, 7) is 0.430. The van der Waals surface area contributed by atoms with Crippen molar-refractivity contribution < 1.29 is 15.0 Å². The van der Waals surface area contributed by atoms with Gasteiger partial charge in [0, 0.05) is 12.3 Å². The molecule has 0 atom stereocenters. The first-order valence-corrected chi connectivity index (χ1v) is 6.12. The Kier molecular flexibility index (Phi) is 5.24. The van der Waals surface area contributed by atoms with Crippen LogP contribution in [0.5, 0.6) is 11.5 Å². The molecule has 1 amide bonds. The average molecular weight is 251 g/mol. The van der Waals surface area contributed by atoms with E-state index in [2.05, 4.69) is 11.2 Å². The topological polar surface area (TPSA) is 69.6 Å². The number of thioether (sulfide) groups is 1. The summed E-state index contributed by atoms with van der Waals surface area (Å²) in [7, 11) is 0. The fourth-order valence-corrected chi connectivity index (χ4v) is 1.73. The highest BCUT2D eigenvalue weighted by Gasteiger charge is 2.14. The van der Waals surface area contributed by atoms with Crippen molar-refractivity contribution in [1.82, 2.24) is 5.32 Å². The molecule has 0 fully saturated rings. The summed E-state index contributed by atoms with van der Waals surface area (Å²) in [6.07, 6.45) is 5.08. The Labute approximate surface area is 104 Å². The first kappa shape index (κ1) is 13.3. The minimum Gasteiger partial charge on any atom is -0.507 e. The van der Waals surface area contributed by atoms with E-state index in [1.807, 2.05) is 0 Å². The molecule has 1 rings (SSSR count). The molecule has 0 aliphatic carbocycles. The highest BCUT2D eigenvalue weighted by molar-refractivity contribution is 7.99. The first-order valence-electron chi connectivity index (χ1n) is 4.97. The molecule has 0 aromatic heterocycles. The van der Waals surface area contributed by atoms with Crippen LogP contribution in [0.1, 0.15) is 10.4 Å². The lowest BCUT2D eigenvalue weighted by atomic mass is 10.1. The Hall–Kier alpha value is -1.80. The van der Waals surface area contributed by atoms with E-state index in [1.54, 1.807) is 0 Å². The molecular formula is C12H13NO3S. The summed E-state index contributed by atoms with van der Waals surface area (Å²) >= 11 is 1.52. The number of phenols is 2. The van der Waals surface area contributed by atoms with Gasteiger partial charge in [-0.25, -0.2) is 0 Å². The molecule has 0 bridgehead atoms. The molecule has 0 aliphatic rings. The predicted molar refractivity (Wildman–Crippen MR) is 68.3 cm³/mol. The molecule has 0 radical (unpaired) electrons. The number of benzene rings is 1. The number of terminal acetylenes is 1. The molecular weight excluding hydrogens is 238 g/mol. The third kappa shape index (κ3) is 3.93. The summed E-state index contributed by atoms with van der Waals surface area (Å²) in [5.74, 6) is 2.78. The zero-order valence-corrected chi connectivity index (χ0v) is 9.96. The van der Waals surface area contributed by atoms with E-state index in [4.69, 9.17) is 6.42 Å². The standard InChI is InChI=1S/C12H13NO3S/c1-2-7-17-8-6-13-12(16)11-9(14)4-3-5-10(11)15/h1,3-5,14-15H,6-8H2,(H,13,16). The van der Waals surface area contributed by atoms with Gasteiger partial charge in [-0.15, -0.1) is 18.2 Å². The van der Waals surface area contributed by atoms with Crippen LogP contribution in [0.2, 0.25) is 0 Å². The maximum absolute atomic E-state index is 11.6. The molecule has 0 unspecified atom stereocenters. The Bertz CT molecular complexity index is 420. The van der Waals surface area contributed by atoms with E-state index in [0.717, 1.165) is 0 Å². The molecule has 0 aliphatic heterocycles. The van der Waals surface area contributed by atoms with Gasteiger partial charge >= 0.3 is 0 Å². The van der Waals surface area contributed by atoms with Crippen LogP contribution in [0.4, 0.5) is 0 Å². The third-order valence-electron chi connectivity index (χ3n) is 1.96. The van der Waals surface area contributed by atoms with E-state index in [0.29, 0.717) is 18.1 Å². The summed E-state index contributed by atoms with van der Waals surface area (Å²) < 4.78 is 0. The van der Waals surface area contributed by atoms with Crippen molar-refractivity contribution in [3.63, 3.8) is 0 Å². The van der Waals surface area contributed by atoms with Gasteiger partial charge in [-0.2, -0.15) is 0 Å². The normalized spacial score (nSPS) is 9.59. The van der Waals surface area contributed by atoms with E-state index >= 15 is 0 Å². The van der Waals surface area contributed by atoms with Gasteiger partial charge in [0.15, 0.2) is 0 Å². The van der Waals surface area contributed by atoms with Crippen molar-refractivity contribution in [2.75, 3.05) is 18.1 Å². The second-order valence-corrected chi connectivity index (χ2v) is 4.29. The Morgan fingerprint density at radius 1 is 1.41 bits per heavy atom. The number of rotatable bonds is 5. The van der Waals surface area contributed by atoms with Crippen molar-refractivity contribution in [3.05, 3.63) is 23.8 Å². The number of carbonyl (C=O) groups excluding carboxylic acids is 1. The van der Waals surface area contributed by atoms with Gasteiger partial charge in [-0.1, -0.05) is 12.0 Å². The van der Waals surface area contributed by atoms with E-state index < -0.39 is 5.91 Å². The van der Waals surface area contributed by atoms with Gasteiger partial charge in [0.25, 0.3) is 5.91 Å². The van der Waals surface area contributed by atoms with E-state index in [9.17, 15) is 15.0 Å². The van der Waals surface area contributed by atoms with Crippen molar-refractivity contribution in [1.29, 1.82) is 0 Å². The van der Waals surface area contributed by atoms with Gasteiger partial charge in [-0.05, 0) is 12.1 Å². The van der Waals surface area contributed by atoms with Crippen LogP contribution >= 0.6 is 11.8 Å². The average Bonchev–Trinajstić information content (AvgIpc) is 2.28. The van der Waals surface area contributed by atoms with Crippen LogP contribution in [-0.2, 0) is 0 Å². The number of phenolic OH excluding ortho intramolecular Hbond substituents is 2. The number of hydrogen-bond donors (Lipinski definition) is 3. The minimum atomic E-state index is -0.498. The highest BCUT2D eigenvalue weighted by atomic mass is 32.2. The zero-order valence-electron chi connectivity index (χ0n) is 9.14. The Morgan fingerprint density at radius 2 is 2.06 bits per heavy atom. The SMILES string of the molecule is C#CCSCCNC(=O)c1c(O)cccc1O. The fourth-order valence-electron chi connectivity index (χ4n) is 1.22. The Balaban J connectivity index is 2.51. The smallest absolute Gasteiger partial charge is 0.258 e. The molecule has 17 heavy (non-hydrogen) atoms. The monoisotopic (exact) mass is 251 g/mol. The summed E-state index contributed by atoms with van der Waals surface area (Å²) in [6, 6.07) is 4.16. The van der Waals surface area contributed by atoms with Gasteiger partial charge in [0.1, 0.15) is 17.1 Å². The molecule has 0 saturated heterocycles. The molecule has 1 aromatic carbocycles. The van der Waals surface area contributed by atoms with Crippen LogP contribution in [0, 0.1) is 12.3 Å². The third-order valence-corrected chi connectivity index (χ3v) is 2.83. The lowest BCUT2D eigenvalue weighted by Gasteiger charge is -2.07.